The van der Waals surface area contributed by atoms with Crippen molar-refractivity contribution in [3.05, 3.63) is 42.0 Å². The quantitative estimate of drug-likeness (QED) is 0.206. The summed E-state index contributed by atoms with van der Waals surface area (Å²) in [6.45, 7) is 0.272. The highest BCUT2D eigenvalue weighted by molar-refractivity contribution is 6.21. The van der Waals surface area contributed by atoms with Crippen LogP contribution in [0.25, 0.3) is 0 Å². The number of halogens is 1. The van der Waals surface area contributed by atoms with Gasteiger partial charge in [0.05, 0.1) is 25.9 Å². The molecule has 7 heteroatoms. The smallest absolute Gasteiger partial charge is 0.305 e. The molecule has 0 bridgehead atoms. The fourth-order valence-electron chi connectivity index (χ4n) is 3.54. The maximum Gasteiger partial charge on any atom is 0.305 e. The number of esters is 1. The molecule has 1 aromatic rings. The Bertz CT molecular complexity index is 633. The average molecular weight is 427 g/mol. The van der Waals surface area contributed by atoms with Crippen LogP contribution in [0.4, 0.5) is 0 Å². The Labute approximate surface area is 177 Å². The number of ether oxygens (including phenoxy) is 2. The molecule has 0 saturated heterocycles. The molecule has 2 rings (SSSR count). The third-order valence-electron chi connectivity index (χ3n) is 5.20. The fraction of sp³-hybridized carbons (Fsp3) is 0.591. The second-order valence-electron chi connectivity index (χ2n) is 7.30. The predicted octanol–water partition coefficient (Wildman–Crippen LogP) is 2.81. The first kappa shape index (κ1) is 23.7. The molecule has 29 heavy (non-hydrogen) atoms. The number of unbranched alkanes of at least 4 members (excludes halogenated alkanes) is 1. The Morgan fingerprint density at radius 1 is 1.17 bits per heavy atom. The van der Waals surface area contributed by atoms with E-state index in [0.29, 0.717) is 31.6 Å². The summed E-state index contributed by atoms with van der Waals surface area (Å²) in [6.07, 6.45) is 6.67. The first-order valence-electron chi connectivity index (χ1n) is 10.1. The number of allylic oxidation sites excluding steroid dienone is 2. The van der Waals surface area contributed by atoms with Crippen LogP contribution in [0.1, 0.15) is 37.7 Å². The molecule has 0 aromatic heterocycles. The number of aliphatic hydroxyl groups excluding tert-OH is 3. The molecule has 0 heterocycles. The molecule has 0 aliphatic heterocycles. The van der Waals surface area contributed by atoms with E-state index in [-0.39, 0.29) is 43.0 Å². The summed E-state index contributed by atoms with van der Waals surface area (Å²) in [5.41, 5.74) is 0.823. The number of hydrogen-bond donors (Lipinski definition) is 3. The van der Waals surface area contributed by atoms with E-state index in [0.717, 1.165) is 18.4 Å². The molecule has 6 nitrogen and oxygen atoms in total. The Morgan fingerprint density at radius 3 is 2.62 bits per heavy atom. The summed E-state index contributed by atoms with van der Waals surface area (Å²) >= 11 is 6.46. The fourth-order valence-corrected chi connectivity index (χ4v) is 4.01. The van der Waals surface area contributed by atoms with Gasteiger partial charge in [0, 0.05) is 17.7 Å². The van der Waals surface area contributed by atoms with E-state index in [2.05, 4.69) is 6.08 Å². The molecule has 4 atom stereocenters. The van der Waals surface area contributed by atoms with Crippen LogP contribution >= 0.6 is 11.6 Å². The van der Waals surface area contributed by atoms with Crippen molar-refractivity contribution in [2.75, 3.05) is 19.8 Å². The van der Waals surface area contributed by atoms with Crippen molar-refractivity contribution < 1.29 is 29.6 Å². The third-order valence-corrected chi connectivity index (χ3v) is 5.71. The molecule has 1 fully saturated rings. The maximum absolute atomic E-state index is 11.4. The van der Waals surface area contributed by atoms with Crippen molar-refractivity contribution in [3.63, 3.8) is 0 Å². The predicted molar refractivity (Wildman–Crippen MR) is 111 cm³/mol. The lowest BCUT2D eigenvalue weighted by Crippen LogP contribution is -2.27. The van der Waals surface area contributed by atoms with Crippen LogP contribution in [-0.4, -0.2) is 52.6 Å². The van der Waals surface area contributed by atoms with E-state index in [1.165, 1.54) is 0 Å². The highest BCUT2D eigenvalue weighted by Gasteiger charge is 2.41. The Morgan fingerprint density at radius 2 is 1.93 bits per heavy atom. The molecule has 1 aliphatic rings. The van der Waals surface area contributed by atoms with Gasteiger partial charge in [0.15, 0.2) is 0 Å². The summed E-state index contributed by atoms with van der Waals surface area (Å²) in [4.78, 5) is 11.4. The second-order valence-corrected chi connectivity index (χ2v) is 7.86. The van der Waals surface area contributed by atoms with Crippen LogP contribution in [-0.2, 0) is 16.1 Å². The van der Waals surface area contributed by atoms with E-state index in [4.69, 9.17) is 31.3 Å². The lowest BCUT2D eigenvalue weighted by Gasteiger charge is -2.22. The van der Waals surface area contributed by atoms with E-state index >= 15 is 0 Å². The molecular formula is C22H31ClO6. The van der Waals surface area contributed by atoms with Crippen LogP contribution in [0, 0.1) is 11.8 Å². The van der Waals surface area contributed by atoms with E-state index in [1.807, 2.05) is 30.3 Å². The van der Waals surface area contributed by atoms with Crippen molar-refractivity contribution in [3.8, 4) is 5.75 Å². The molecule has 1 aliphatic carbocycles. The van der Waals surface area contributed by atoms with Crippen molar-refractivity contribution in [1.29, 1.82) is 0 Å². The minimum atomic E-state index is -0.492. The van der Waals surface area contributed by atoms with Crippen LogP contribution < -0.4 is 4.74 Å². The zero-order chi connectivity index (χ0) is 21.1. The molecule has 0 unspecified atom stereocenters. The van der Waals surface area contributed by atoms with E-state index in [1.54, 1.807) is 0 Å². The number of benzene rings is 1. The number of carbonyl (C=O) groups is 1. The summed E-state index contributed by atoms with van der Waals surface area (Å²) in [5, 5.41) is 28.0. The molecule has 0 spiro atoms. The summed E-state index contributed by atoms with van der Waals surface area (Å²) in [6, 6.07) is 7.24. The highest BCUT2D eigenvalue weighted by atomic mass is 35.5. The van der Waals surface area contributed by atoms with Gasteiger partial charge < -0.3 is 24.8 Å². The number of alkyl halides is 1. The van der Waals surface area contributed by atoms with E-state index < -0.39 is 6.10 Å². The van der Waals surface area contributed by atoms with Crippen molar-refractivity contribution in [1.82, 2.24) is 0 Å². The number of hydrogen-bond acceptors (Lipinski definition) is 6. The van der Waals surface area contributed by atoms with Gasteiger partial charge in [-0.1, -0.05) is 24.3 Å². The zero-order valence-corrected chi connectivity index (χ0v) is 17.3. The molecule has 1 saturated carbocycles. The lowest BCUT2D eigenvalue weighted by molar-refractivity contribution is -0.144. The average Bonchev–Trinajstić information content (AvgIpc) is 3.00. The molecule has 1 aromatic carbocycles. The van der Waals surface area contributed by atoms with Gasteiger partial charge in [0.2, 0.25) is 0 Å². The first-order chi connectivity index (χ1) is 14.0. The van der Waals surface area contributed by atoms with Gasteiger partial charge in [-0.15, -0.1) is 11.6 Å². The van der Waals surface area contributed by atoms with Gasteiger partial charge in [-0.05, 0) is 49.3 Å². The molecule has 0 amide bonds. The van der Waals surface area contributed by atoms with Crippen molar-refractivity contribution >= 4 is 17.6 Å². The van der Waals surface area contributed by atoms with Gasteiger partial charge >= 0.3 is 5.97 Å². The monoisotopic (exact) mass is 426 g/mol. The standard InChI is InChI=1S/C22H31ClO6/c23-20-13-21(26)19(15-29-17-9-7-16(14-25)8-10-17)18(20)5-3-1-2-4-6-22(27)28-12-11-24/h1,3,7-10,18-21,24-26H,2,4-6,11-15H2/b3-1-/t18-,19-,20-,21-/m1/s1. The van der Waals surface area contributed by atoms with Crippen LogP contribution in [0.3, 0.4) is 0 Å². The van der Waals surface area contributed by atoms with Gasteiger partial charge in [-0.3, -0.25) is 4.79 Å². The number of carbonyl (C=O) groups excluding carboxylic acids is 1. The minimum absolute atomic E-state index is 0.00615. The molecular weight excluding hydrogens is 396 g/mol. The molecule has 0 radical (unpaired) electrons. The molecule has 3 N–H and O–H groups in total. The van der Waals surface area contributed by atoms with Crippen LogP contribution in [0.2, 0.25) is 0 Å². The number of aliphatic hydroxyl groups is 3. The minimum Gasteiger partial charge on any atom is -0.493 e. The molecule has 162 valence electrons. The largest absolute Gasteiger partial charge is 0.493 e. The van der Waals surface area contributed by atoms with E-state index in [9.17, 15) is 9.90 Å². The summed E-state index contributed by atoms with van der Waals surface area (Å²) < 4.78 is 10.7. The topological polar surface area (TPSA) is 96.2 Å². The summed E-state index contributed by atoms with van der Waals surface area (Å²) in [5.74, 6) is 0.480. The first-order valence-corrected chi connectivity index (χ1v) is 10.5. The van der Waals surface area contributed by atoms with Crippen LogP contribution in [0.5, 0.6) is 5.75 Å². The van der Waals surface area contributed by atoms with Gasteiger partial charge in [0.25, 0.3) is 0 Å². The maximum atomic E-state index is 11.4. The second kappa shape index (κ2) is 12.9. The van der Waals surface area contributed by atoms with Gasteiger partial charge in [-0.25, -0.2) is 0 Å². The van der Waals surface area contributed by atoms with Crippen molar-refractivity contribution in [2.24, 2.45) is 11.8 Å². The highest BCUT2D eigenvalue weighted by Crippen LogP contribution is 2.39. The summed E-state index contributed by atoms with van der Waals surface area (Å²) in [7, 11) is 0. The van der Waals surface area contributed by atoms with Crippen molar-refractivity contribution in [2.45, 2.75) is 50.2 Å². The third kappa shape index (κ3) is 7.97. The zero-order valence-electron chi connectivity index (χ0n) is 16.6. The Hall–Kier alpha value is -1.60. The SMILES string of the molecule is O=C(CCC/C=C\C[C@@H]1[C@@H](COc2ccc(CO)cc2)[C@H](O)C[C@H]1Cl)OCCO. The van der Waals surface area contributed by atoms with Gasteiger partial charge in [0.1, 0.15) is 12.4 Å². The number of rotatable bonds is 12. The normalized spacial score (nSPS) is 24.1. The van der Waals surface area contributed by atoms with Crippen LogP contribution in [0.15, 0.2) is 36.4 Å². The van der Waals surface area contributed by atoms with Gasteiger partial charge in [-0.2, -0.15) is 0 Å². The lowest BCUT2D eigenvalue weighted by atomic mass is 9.92. The Balaban J connectivity index is 1.75. The Kier molecular flexibility index (Phi) is 10.5.